The van der Waals surface area contributed by atoms with Gasteiger partial charge in [0.1, 0.15) is 6.61 Å². The lowest BCUT2D eigenvalue weighted by Gasteiger charge is -2.24. The number of thiazole rings is 1. The van der Waals surface area contributed by atoms with Crippen LogP contribution in [0.3, 0.4) is 0 Å². The molecule has 8 nitrogen and oxygen atoms in total. The normalized spacial score (nSPS) is 15.6. The minimum absolute atomic E-state index is 0.225. The molecule has 34 heavy (non-hydrogen) atoms. The molecule has 0 radical (unpaired) electrons. The van der Waals surface area contributed by atoms with Crippen molar-refractivity contribution in [2.45, 2.75) is 32.8 Å². The van der Waals surface area contributed by atoms with E-state index in [9.17, 15) is 4.79 Å². The number of benzene rings is 2. The Morgan fingerprint density at radius 1 is 1.15 bits per heavy atom. The van der Waals surface area contributed by atoms with Crippen LogP contribution in [0.15, 0.2) is 47.3 Å². The summed E-state index contributed by atoms with van der Waals surface area (Å²) in [6.45, 7) is 5.50. The maximum absolute atomic E-state index is 13.0. The zero-order valence-electron chi connectivity index (χ0n) is 19.0. The number of aromatic nitrogens is 3. The third-order valence-electron chi connectivity index (χ3n) is 5.32. The molecule has 0 N–H and O–H groups in total. The molecule has 5 rings (SSSR count). The number of nitrogens with zero attached hydrogens (tertiary/aromatic N) is 3. The van der Waals surface area contributed by atoms with E-state index in [1.165, 1.54) is 15.9 Å². The lowest BCUT2D eigenvalue weighted by atomic mass is 10.2. The highest BCUT2D eigenvalue weighted by Gasteiger charge is 2.27. The third-order valence-corrected chi connectivity index (χ3v) is 6.27. The Labute approximate surface area is 200 Å². The number of unbranched alkanes of at least 4 members (excludes halogenated alkanes) is 1. The van der Waals surface area contributed by atoms with Gasteiger partial charge < -0.3 is 18.9 Å². The molecule has 176 valence electrons. The molecule has 4 aromatic rings. The predicted octanol–water partition coefficient (Wildman–Crippen LogP) is 3.79. The first kappa shape index (κ1) is 22.2. The summed E-state index contributed by atoms with van der Waals surface area (Å²) in [6, 6.07) is 13.1. The largest absolute Gasteiger partial charge is 0.490 e. The van der Waals surface area contributed by atoms with Gasteiger partial charge in [0, 0.05) is 0 Å². The molecule has 1 aliphatic rings. The molecule has 2 aromatic heterocycles. The third kappa shape index (κ3) is 4.43. The van der Waals surface area contributed by atoms with Crippen molar-refractivity contribution in [3.8, 4) is 23.0 Å². The van der Waals surface area contributed by atoms with Gasteiger partial charge in [-0.05, 0) is 49.2 Å². The lowest BCUT2D eigenvalue weighted by molar-refractivity contribution is 0.0852. The van der Waals surface area contributed by atoms with Crippen molar-refractivity contribution < 1.29 is 18.9 Å². The number of ether oxygens (including phenoxy) is 4. The zero-order chi connectivity index (χ0) is 23.5. The SMILES string of the molecule is CCCCOc1ccc(/C=c2\sc3nc(C4COc5ccccc5O4)nn3c2=O)cc1OCC. The molecule has 0 aliphatic carbocycles. The molecule has 1 unspecified atom stereocenters. The van der Waals surface area contributed by atoms with Crippen molar-refractivity contribution in [3.63, 3.8) is 0 Å². The van der Waals surface area contributed by atoms with E-state index in [1.807, 2.05) is 55.5 Å². The Kier molecular flexibility index (Phi) is 6.35. The second kappa shape index (κ2) is 9.72. The average molecular weight is 480 g/mol. The van der Waals surface area contributed by atoms with Gasteiger partial charge in [-0.3, -0.25) is 4.79 Å². The molecule has 0 spiro atoms. The quantitative estimate of drug-likeness (QED) is 0.356. The summed E-state index contributed by atoms with van der Waals surface area (Å²) in [4.78, 5) is 18.0. The maximum Gasteiger partial charge on any atom is 0.291 e. The van der Waals surface area contributed by atoms with Crippen LogP contribution in [0.2, 0.25) is 0 Å². The summed E-state index contributed by atoms with van der Waals surface area (Å²) < 4.78 is 25.2. The number of rotatable bonds is 8. The van der Waals surface area contributed by atoms with Crippen LogP contribution in [0, 0.1) is 0 Å². The van der Waals surface area contributed by atoms with E-state index in [1.54, 1.807) is 0 Å². The van der Waals surface area contributed by atoms with E-state index in [2.05, 4.69) is 17.0 Å². The number of para-hydroxylation sites is 2. The minimum atomic E-state index is -0.470. The molecule has 1 aliphatic heterocycles. The second-order valence-corrected chi connectivity index (χ2v) is 8.79. The van der Waals surface area contributed by atoms with Crippen LogP contribution in [0.5, 0.6) is 23.0 Å². The molecule has 0 amide bonds. The van der Waals surface area contributed by atoms with Gasteiger partial charge in [0.15, 0.2) is 34.9 Å². The molecular weight excluding hydrogens is 454 g/mol. The van der Waals surface area contributed by atoms with Crippen LogP contribution in [-0.4, -0.2) is 34.4 Å². The Hall–Kier alpha value is -3.59. The fourth-order valence-corrected chi connectivity index (χ4v) is 4.53. The molecule has 0 bridgehead atoms. The van der Waals surface area contributed by atoms with Crippen molar-refractivity contribution in [3.05, 3.63) is 68.7 Å². The highest BCUT2D eigenvalue weighted by atomic mass is 32.1. The highest BCUT2D eigenvalue weighted by molar-refractivity contribution is 7.15. The molecular formula is C25H25N3O5S. The van der Waals surface area contributed by atoms with Gasteiger partial charge in [-0.25, -0.2) is 0 Å². The van der Waals surface area contributed by atoms with Crippen LogP contribution in [0.25, 0.3) is 11.0 Å². The fraction of sp³-hybridized carbons (Fsp3) is 0.320. The lowest BCUT2D eigenvalue weighted by Crippen LogP contribution is -2.26. The number of fused-ring (bicyclic) bond motifs is 2. The first-order valence-electron chi connectivity index (χ1n) is 11.4. The van der Waals surface area contributed by atoms with E-state index >= 15 is 0 Å². The molecule has 0 fully saturated rings. The number of hydrogen-bond acceptors (Lipinski definition) is 8. The van der Waals surface area contributed by atoms with Gasteiger partial charge in [-0.1, -0.05) is 42.9 Å². The van der Waals surface area contributed by atoms with E-state index in [4.69, 9.17) is 18.9 Å². The topological polar surface area (TPSA) is 84.2 Å². The van der Waals surface area contributed by atoms with Gasteiger partial charge >= 0.3 is 0 Å². The molecule has 0 saturated heterocycles. The highest BCUT2D eigenvalue weighted by Crippen LogP contribution is 2.35. The predicted molar refractivity (Wildman–Crippen MR) is 129 cm³/mol. The van der Waals surface area contributed by atoms with Crippen molar-refractivity contribution in [1.82, 2.24) is 14.6 Å². The van der Waals surface area contributed by atoms with Crippen LogP contribution < -0.4 is 29.0 Å². The minimum Gasteiger partial charge on any atom is -0.490 e. The van der Waals surface area contributed by atoms with Crippen molar-refractivity contribution in [1.29, 1.82) is 0 Å². The fourth-order valence-electron chi connectivity index (χ4n) is 3.61. The van der Waals surface area contributed by atoms with Crippen LogP contribution in [-0.2, 0) is 0 Å². The van der Waals surface area contributed by atoms with Crippen LogP contribution in [0.1, 0.15) is 44.2 Å². The first-order valence-corrected chi connectivity index (χ1v) is 12.2. The van der Waals surface area contributed by atoms with E-state index in [-0.39, 0.29) is 12.2 Å². The molecule has 1 atom stereocenters. The summed E-state index contributed by atoms with van der Waals surface area (Å²) in [6.07, 6.45) is 3.39. The summed E-state index contributed by atoms with van der Waals surface area (Å²) in [5.41, 5.74) is 0.617. The molecule has 2 aromatic carbocycles. The number of hydrogen-bond donors (Lipinski definition) is 0. The summed E-state index contributed by atoms with van der Waals surface area (Å²) >= 11 is 1.28. The van der Waals surface area contributed by atoms with Gasteiger partial charge in [0.2, 0.25) is 4.96 Å². The average Bonchev–Trinajstić information content (AvgIpc) is 3.39. The van der Waals surface area contributed by atoms with E-state index < -0.39 is 6.10 Å². The van der Waals surface area contributed by atoms with Gasteiger partial charge in [0.05, 0.1) is 17.7 Å². The van der Waals surface area contributed by atoms with Crippen LogP contribution in [0.4, 0.5) is 0 Å². The van der Waals surface area contributed by atoms with Crippen molar-refractivity contribution in [2.24, 2.45) is 0 Å². The van der Waals surface area contributed by atoms with Crippen molar-refractivity contribution >= 4 is 22.4 Å². The van der Waals surface area contributed by atoms with Gasteiger partial charge in [-0.15, -0.1) is 5.10 Å². The zero-order valence-corrected chi connectivity index (χ0v) is 19.8. The summed E-state index contributed by atoms with van der Waals surface area (Å²) in [5, 5.41) is 4.41. The second-order valence-electron chi connectivity index (χ2n) is 7.79. The monoisotopic (exact) mass is 479 g/mol. The summed E-state index contributed by atoms with van der Waals surface area (Å²) in [7, 11) is 0. The Morgan fingerprint density at radius 2 is 2.00 bits per heavy atom. The van der Waals surface area contributed by atoms with Crippen molar-refractivity contribution in [2.75, 3.05) is 19.8 Å². The van der Waals surface area contributed by atoms with E-state index in [0.717, 1.165) is 18.4 Å². The maximum atomic E-state index is 13.0. The van der Waals surface area contributed by atoms with Gasteiger partial charge in [-0.2, -0.15) is 9.50 Å². The Balaban J connectivity index is 1.41. The molecule has 9 heteroatoms. The Morgan fingerprint density at radius 3 is 2.79 bits per heavy atom. The first-order chi connectivity index (χ1) is 16.7. The standard InChI is InChI=1S/C25H25N3O5S/c1-3-5-12-31-18-11-10-16(13-20(18)30-4-2)14-22-24(29)28-25(34-22)26-23(27-28)21-15-32-17-8-6-7-9-19(17)33-21/h6-11,13-14,21H,3-5,12,15H2,1-2H3/b22-14-. The Bertz CT molecular complexity index is 1410. The van der Waals surface area contributed by atoms with E-state index in [0.29, 0.717) is 51.5 Å². The smallest absolute Gasteiger partial charge is 0.291 e. The molecule has 0 saturated carbocycles. The summed E-state index contributed by atoms with van der Waals surface area (Å²) in [5.74, 6) is 3.13. The molecule has 3 heterocycles. The van der Waals surface area contributed by atoms with Gasteiger partial charge in [0.25, 0.3) is 5.56 Å². The van der Waals surface area contributed by atoms with Crippen LogP contribution >= 0.6 is 11.3 Å².